The number of benzene rings is 2. The van der Waals surface area contributed by atoms with Crippen molar-refractivity contribution in [1.29, 1.82) is 0 Å². The number of aromatic amines is 1. The van der Waals surface area contributed by atoms with Crippen LogP contribution in [0, 0.1) is 6.92 Å². The molecule has 0 aliphatic carbocycles. The molecule has 3 heterocycles. The highest BCUT2D eigenvalue weighted by Gasteiger charge is 2.31. The number of hydrogen-bond acceptors (Lipinski definition) is 6. The molecule has 2 aromatic carbocycles. The van der Waals surface area contributed by atoms with Gasteiger partial charge in [-0.05, 0) is 76.4 Å². The van der Waals surface area contributed by atoms with Crippen molar-refractivity contribution in [3.05, 3.63) is 68.8 Å². The molecule has 0 fully saturated rings. The fourth-order valence-corrected chi connectivity index (χ4v) is 4.55. The van der Waals surface area contributed by atoms with E-state index in [0.717, 1.165) is 33.8 Å². The molecule has 164 valence electrons. The Balaban J connectivity index is 1.33. The van der Waals surface area contributed by atoms with Crippen molar-refractivity contribution in [3.63, 3.8) is 0 Å². The maximum Gasteiger partial charge on any atom is 0.416 e. The lowest BCUT2D eigenvalue weighted by atomic mass is 10.2. The molecule has 2 N–H and O–H groups in total. The van der Waals surface area contributed by atoms with Gasteiger partial charge in [0.1, 0.15) is 5.52 Å². The minimum absolute atomic E-state index is 0.269. The van der Waals surface area contributed by atoms with Crippen molar-refractivity contribution in [2.75, 3.05) is 5.32 Å². The number of alkyl halides is 3. The molecule has 6 nitrogen and oxygen atoms in total. The maximum atomic E-state index is 13.1. The van der Waals surface area contributed by atoms with Gasteiger partial charge in [-0.15, -0.1) is 0 Å². The number of aryl methyl sites for hydroxylation is 1. The van der Waals surface area contributed by atoms with Crippen LogP contribution in [0.1, 0.15) is 21.6 Å². The molecule has 4 aromatic rings. The molecule has 0 atom stereocenters. The molecule has 0 unspecified atom stereocenters. The van der Waals surface area contributed by atoms with Gasteiger partial charge < -0.3 is 15.1 Å². The summed E-state index contributed by atoms with van der Waals surface area (Å²) in [5.74, 6) is 1.03. The van der Waals surface area contributed by atoms with Crippen LogP contribution in [0.2, 0.25) is 0 Å². The summed E-state index contributed by atoms with van der Waals surface area (Å²) in [7, 11) is 0. The number of fused-ring (bicyclic) bond motifs is 2. The largest absolute Gasteiger partial charge is 0.416 e. The second kappa shape index (κ2) is 7.82. The lowest BCUT2D eigenvalue weighted by molar-refractivity contribution is -0.137. The fraction of sp³-hybridized carbons (Fsp3) is 0.143. The summed E-state index contributed by atoms with van der Waals surface area (Å²) in [6.07, 6.45) is 1.23. The van der Waals surface area contributed by atoms with Crippen LogP contribution < -0.4 is 10.2 Å². The molecule has 1 aliphatic heterocycles. The normalized spacial score (nSPS) is 13.5. The molecule has 0 bridgehead atoms. The van der Waals surface area contributed by atoms with Gasteiger partial charge in [-0.25, -0.2) is 14.4 Å². The van der Waals surface area contributed by atoms with Gasteiger partial charge in [0.15, 0.2) is 5.75 Å². The zero-order valence-corrected chi connectivity index (χ0v) is 18.9. The summed E-state index contributed by atoms with van der Waals surface area (Å²) in [5.41, 5.74) is 2.66. The Labute approximate surface area is 193 Å². The van der Waals surface area contributed by atoms with Crippen molar-refractivity contribution >= 4 is 56.2 Å². The molecule has 0 saturated carbocycles. The third-order valence-corrected chi connectivity index (χ3v) is 6.33. The predicted octanol–water partition coefficient (Wildman–Crippen LogP) is 6.63. The summed E-state index contributed by atoms with van der Waals surface area (Å²) < 4.78 is 43.6. The van der Waals surface area contributed by atoms with Crippen LogP contribution in [-0.2, 0) is 12.7 Å². The summed E-state index contributed by atoms with van der Waals surface area (Å²) in [6.45, 7) is 2.52. The van der Waals surface area contributed by atoms with Crippen LogP contribution in [0.5, 0.6) is 5.75 Å². The molecule has 0 radical (unpaired) electrons. The Kier molecular flexibility index (Phi) is 5.09. The van der Waals surface area contributed by atoms with Crippen molar-refractivity contribution in [3.8, 4) is 5.75 Å². The molecule has 0 saturated heterocycles. The highest BCUT2D eigenvalue weighted by atomic mass is 79.9. The zero-order chi connectivity index (χ0) is 22.5. The first-order chi connectivity index (χ1) is 15.3. The van der Waals surface area contributed by atoms with Crippen LogP contribution in [0.15, 0.2) is 47.2 Å². The molecule has 2 aromatic heterocycles. The average molecular weight is 522 g/mol. The van der Waals surface area contributed by atoms with Crippen LogP contribution in [0.3, 0.4) is 0 Å². The van der Waals surface area contributed by atoms with E-state index >= 15 is 0 Å². The Morgan fingerprint density at radius 1 is 1.25 bits per heavy atom. The van der Waals surface area contributed by atoms with E-state index in [1.54, 1.807) is 5.06 Å². The first-order valence-electron chi connectivity index (χ1n) is 9.47. The van der Waals surface area contributed by atoms with Crippen molar-refractivity contribution < 1.29 is 18.0 Å². The molecule has 32 heavy (non-hydrogen) atoms. The van der Waals surface area contributed by atoms with Gasteiger partial charge >= 0.3 is 6.18 Å². The van der Waals surface area contributed by atoms with Gasteiger partial charge in [0.2, 0.25) is 5.95 Å². The lowest BCUT2D eigenvalue weighted by Gasteiger charge is -2.24. The van der Waals surface area contributed by atoms with Gasteiger partial charge in [0.05, 0.1) is 22.5 Å². The van der Waals surface area contributed by atoms with Crippen molar-refractivity contribution in [1.82, 2.24) is 19.4 Å². The zero-order valence-electron chi connectivity index (χ0n) is 16.5. The Bertz CT molecular complexity index is 1350. The summed E-state index contributed by atoms with van der Waals surface area (Å²) in [5, 5.41) is 4.84. The van der Waals surface area contributed by atoms with Crippen molar-refractivity contribution in [2.45, 2.75) is 19.6 Å². The first-order valence-corrected chi connectivity index (χ1v) is 11.0. The number of imidazole rings is 1. The van der Waals surface area contributed by atoms with Gasteiger partial charge in [0, 0.05) is 28.1 Å². The Morgan fingerprint density at radius 3 is 2.88 bits per heavy atom. The quantitative estimate of drug-likeness (QED) is 0.315. The molecule has 5 rings (SSSR count). The topological polar surface area (TPSA) is 66.1 Å². The van der Waals surface area contributed by atoms with Gasteiger partial charge in [0.25, 0.3) is 0 Å². The minimum atomic E-state index is -4.44. The highest BCUT2D eigenvalue weighted by molar-refractivity contribution is 9.10. The number of hydroxylamine groups is 2. The summed E-state index contributed by atoms with van der Waals surface area (Å²) >= 11 is 4.62. The predicted molar refractivity (Wildman–Crippen MR) is 121 cm³/mol. The summed E-state index contributed by atoms with van der Waals surface area (Å²) in [6, 6.07) is 7.59. The first kappa shape index (κ1) is 20.8. The molecular formula is C21H15BrF3N5OS. The number of rotatable bonds is 4. The van der Waals surface area contributed by atoms with E-state index in [9.17, 15) is 13.2 Å². The fourth-order valence-electron chi connectivity index (χ4n) is 3.35. The monoisotopic (exact) mass is 521 g/mol. The number of aromatic nitrogens is 3. The molecule has 0 amide bonds. The van der Waals surface area contributed by atoms with E-state index < -0.39 is 11.7 Å². The van der Waals surface area contributed by atoms with Crippen LogP contribution in [0.25, 0.3) is 17.1 Å². The number of hydrogen-bond donors (Lipinski definition) is 2. The lowest BCUT2D eigenvalue weighted by Crippen LogP contribution is -2.23. The number of halogens is 4. The molecular weight excluding hydrogens is 507 g/mol. The van der Waals surface area contributed by atoms with Gasteiger partial charge in [-0.2, -0.15) is 13.2 Å². The van der Waals surface area contributed by atoms with E-state index in [1.165, 1.54) is 11.5 Å². The number of nitrogens with one attached hydrogen (secondary N) is 2. The molecule has 1 aliphatic rings. The molecule has 0 spiro atoms. The minimum Gasteiger partial charge on any atom is -0.380 e. The number of H-pyrrole nitrogens is 1. The van der Waals surface area contributed by atoms with Crippen molar-refractivity contribution in [2.24, 2.45) is 0 Å². The second-order valence-electron chi connectivity index (χ2n) is 7.24. The van der Waals surface area contributed by atoms with E-state index in [-0.39, 0.29) is 9.99 Å². The average Bonchev–Trinajstić information content (AvgIpc) is 3.35. The molecule has 11 heteroatoms. The smallest absolute Gasteiger partial charge is 0.380 e. The van der Waals surface area contributed by atoms with Crippen LogP contribution in [-0.4, -0.2) is 19.4 Å². The van der Waals surface area contributed by atoms with Crippen LogP contribution >= 0.6 is 27.5 Å². The number of nitrogens with zero attached hydrogens (tertiary/aromatic N) is 3. The van der Waals surface area contributed by atoms with E-state index in [2.05, 4.69) is 35.6 Å². The second-order valence-corrected chi connectivity index (χ2v) is 8.93. The van der Waals surface area contributed by atoms with Gasteiger partial charge in [-0.3, -0.25) is 0 Å². The van der Waals surface area contributed by atoms with E-state index in [0.29, 0.717) is 23.8 Å². The van der Waals surface area contributed by atoms with Crippen LogP contribution in [0.4, 0.5) is 24.8 Å². The van der Waals surface area contributed by atoms with E-state index in [4.69, 9.17) is 4.84 Å². The van der Waals surface area contributed by atoms with E-state index in [1.807, 2.05) is 43.6 Å². The summed E-state index contributed by atoms with van der Waals surface area (Å²) in [4.78, 5) is 14.4. The Hall–Kier alpha value is -3.05. The standard InChI is InChI=1S/C21H15BrF3N5OS/c1-11-6-14(2-3-17(11)31-30-5-4-18-12(10-30)9-26-32-18)27-20-28-16-8-13(21(23,24)25)7-15(22)19(16)29-20/h2-9H,10H2,1H3,(H2,27,28,29). The third-order valence-electron chi connectivity index (χ3n) is 4.92. The maximum absolute atomic E-state index is 13.1. The highest BCUT2D eigenvalue weighted by Crippen LogP contribution is 2.35. The third kappa shape index (κ3) is 4.05. The van der Waals surface area contributed by atoms with Gasteiger partial charge in [-0.1, -0.05) is 0 Å². The Morgan fingerprint density at radius 2 is 2.09 bits per heavy atom. The number of anilines is 2. The SMILES string of the molecule is Cc1cc(Nc2nc3c(Br)cc(C(F)(F)F)cc3[nH]2)ccc1ON1C=Cc2sncc2C1.